The summed E-state index contributed by atoms with van der Waals surface area (Å²) >= 11 is 0. The van der Waals surface area contributed by atoms with Crippen LogP contribution in [0.1, 0.15) is 23.0 Å². The second-order valence-electron chi connectivity index (χ2n) is 6.12. The molecule has 0 fully saturated rings. The van der Waals surface area contributed by atoms with Crippen LogP contribution in [0.25, 0.3) is 10.8 Å². The van der Waals surface area contributed by atoms with E-state index in [-0.39, 0.29) is 11.8 Å². The van der Waals surface area contributed by atoms with Crippen molar-refractivity contribution < 1.29 is 14.3 Å². The van der Waals surface area contributed by atoms with Gasteiger partial charge in [0.25, 0.3) is 5.91 Å². The van der Waals surface area contributed by atoms with E-state index in [0.29, 0.717) is 24.5 Å². The molecule has 0 saturated heterocycles. The Morgan fingerprint density at radius 3 is 2.52 bits per heavy atom. The minimum atomic E-state index is -0.242. The number of benzene rings is 2. The van der Waals surface area contributed by atoms with E-state index in [1.54, 1.807) is 13.2 Å². The first-order valence-corrected chi connectivity index (χ1v) is 8.65. The fourth-order valence-corrected chi connectivity index (χ4v) is 2.81. The lowest BCUT2D eigenvalue weighted by Gasteiger charge is -2.09. The Morgan fingerprint density at radius 2 is 1.81 bits per heavy atom. The van der Waals surface area contributed by atoms with E-state index in [2.05, 4.69) is 15.6 Å². The number of rotatable bonds is 6. The number of fused-ring (bicyclic) bond motifs is 1. The number of hydrogen-bond acceptors (Lipinski definition) is 4. The number of hydrogen-bond donors (Lipinski definition) is 2. The van der Waals surface area contributed by atoms with Gasteiger partial charge in [0.15, 0.2) is 0 Å². The molecule has 0 unspecified atom stereocenters. The maximum atomic E-state index is 12.4. The molecule has 0 aliphatic heterocycles. The molecule has 2 N–H and O–H groups in total. The van der Waals surface area contributed by atoms with Crippen molar-refractivity contribution in [1.82, 2.24) is 10.3 Å². The average molecular weight is 363 g/mol. The third-order valence-electron chi connectivity index (χ3n) is 4.10. The zero-order valence-corrected chi connectivity index (χ0v) is 15.3. The molecule has 0 bridgehead atoms. The molecular formula is C21H21N3O3. The van der Waals surface area contributed by atoms with Crippen LogP contribution in [-0.2, 0) is 11.2 Å². The lowest BCUT2D eigenvalue weighted by atomic mass is 10.1. The van der Waals surface area contributed by atoms with Gasteiger partial charge in [0.2, 0.25) is 11.8 Å². The first-order chi connectivity index (χ1) is 13.1. The Balaban J connectivity index is 1.62. The molecule has 27 heavy (non-hydrogen) atoms. The summed E-state index contributed by atoms with van der Waals surface area (Å²) in [6, 6.07) is 16.9. The zero-order valence-electron chi connectivity index (χ0n) is 15.3. The van der Waals surface area contributed by atoms with Crippen molar-refractivity contribution in [2.24, 2.45) is 0 Å². The fourth-order valence-electron chi connectivity index (χ4n) is 2.81. The second kappa shape index (κ2) is 8.31. The summed E-state index contributed by atoms with van der Waals surface area (Å²) < 4.78 is 5.31. The summed E-state index contributed by atoms with van der Waals surface area (Å²) in [5.41, 5.74) is 2.14. The molecule has 2 amide bonds. The first-order valence-electron chi connectivity index (χ1n) is 8.65. The highest BCUT2D eigenvalue weighted by Gasteiger charge is 2.12. The van der Waals surface area contributed by atoms with Crippen molar-refractivity contribution in [3.63, 3.8) is 0 Å². The largest absolute Gasteiger partial charge is 0.481 e. The number of amides is 2. The van der Waals surface area contributed by atoms with E-state index >= 15 is 0 Å². The predicted molar refractivity (Wildman–Crippen MR) is 105 cm³/mol. The Bertz CT molecular complexity index is 968. The quantitative estimate of drug-likeness (QED) is 0.705. The topological polar surface area (TPSA) is 80.3 Å². The van der Waals surface area contributed by atoms with Crippen molar-refractivity contribution in [2.75, 3.05) is 19.0 Å². The standard InChI is InChI=1S/C21H21N3O3/c1-14(25)23-17-9-7-15(8-10-17)11-12-22-20(26)19-13-16-5-3-4-6-18(16)21(24-19)27-2/h3-10,13H,11-12H2,1-2H3,(H,22,26)(H,23,25). The molecule has 3 aromatic rings. The Hall–Kier alpha value is -3.41. The highest BCUT2D eigenvalue weighted by atomic mass is 16.5. The van der Waals surface area contributed by atoms with Crippen molar-refractivity contribution in [3.05, 3.63) is 65.9 Å². The van der Waals surface area contributed by atoms with E-state index in [4.69, 9.17) is 4.74 Å². The molecule has 2 aromatic carbocycles. The molecule has 1 aromatic heterocycles. The molecule has 0 radical (unpaired) electrons. The van der Waals surface area contributed by atoms with Crippen LogP contribution in [0.2, 0.25) is 0 Å². The monoisotopic (exact) mass is 363 g/mol. The van der Waals surface area contributed by atoms with Gasteiger partial charge in [0.05, 0.1) is 7.11 Å². The molecular weight excluding hydrogens is 342 g/mol. The van der Waals surface area contributed by atoms with Crippen LogP contribution in [0.3, 0.4) is 0 Å². The molecule has 0 spiro atoms. The number of ether oxygens (including phenoxy) is 1. The highest BCUT2D eigenvalue weighted by Crippen LogP contribution is 2.24. The van der Waals surface area contributed by atoms with Crippen LogP contribution in [0.4, 0.5) is 5.69 Å². The summed E-state index contributed by atoms with van der Waals surface area (Å²) in [5.74, 6) is 0.0917. The van der Waals surface area contributed by atoms with E-state index in [9.17, 15) is 9.59 Å². The zero-order chi connectivity index (χ0) is 19.2. The predicted octanol–water partition coefficient (Wildman–Crippen LogP) is 3.17. The lowest BCUT2D eigenvalue weighted by molar-refractivity contribution is -0.114. The van der Waals surface area contributed by atoms with Crippen LogP contribution < -0.4 is 15.4 Å². The summed E-state index contributed by atoms with van der Waals surface area (Å²) in [6.45, 7) is 1.95. The minimum absolute atomic E-state index is 0.103. The number of anilines is 1. The summed E-state index contributed by atoms with van der Waals surface area (Å²) in [4.78, 5) is 27.8. The SMILES string of the molecule is COc1nc(C(=O)NCCc2ccc(NC(C)=O)cc2)cc2ccccc12. The molecule has 1 heterocycles. The van der Waals surface area contributed by atoms with Crippen molar-refractivity contribution >= 4 is 28.3 Å². The van der Waals surface area contributed by atoms with Gasteiger partial charge in [-0.15, -0.1) is 0 Å². The number of carbonyl (C=O) groups is 2. The van der Waals surface area contributed by atoms with Gasteiger partial charge in [-0.3, -0.25) is 9.59 Å². The molecule has 0 aliphatic carbocycles. The van der Waals surface area contributed by atoms with Crippen LogP contribution in [-0.4, -0.2) is 30.5 Å². The van der Waals surface area contributed by atoms with Gasteiger partial charge in [0, 0.05) is 24.5 Å². The van der Waals surface area contributed by atoms with Crippen LogP contribution in [0.15, 0.2) is 54.6 Å². The van der Waals surface area contributed by atoms with Gasteiger partial charge in [-0.25, -0.2) is 4.98 Å². The lowest BCUT2D eigenvalue weighted by Crippen LogP contribution is -2.26. The molecule has 6 heteroatoms. The summed E-state index contributed by atoms with van der Waals surface area (Å²) in [5, 5.41) is 7.38. The maximum absolute atomic E-state index is 12.4. The van der Waals surface area contributed by atoms with Crippen molar-refractivity contribution in [3.8, 4) is 5.88 Å². The Morgan fingerprint density at radius 1 is 1.07 bits per heavy atom. The molecule has 0 saturated carbocycles. The number of aromatic nitrogens is 1. The third kappa shape index (κ3) is 4.61. The fraction of sp³-hybridized carbons (Fsp3) is 0.190. The first kappa shape index (κ1) is 18.4. The van der Waals surface area contributed by atoms with Gasteiger partial charge in [0.1, 0.15) is 5.69 Å². The molecule has 0 atom stereocenters. The molecule has 6 nitrogen and oxygen atoms in total. The normalized spacial score (nSPS) is 10.4. The van der Waals surface area contributed by atoms with Crippen LogP contribution in [0, 0.1) is 0 Å². The molecule has 0 aliphatic rings. The van der Waals surface area contributed by atoms with Gasteiger partial charge in [-0.05, 0) is 41.6 Å². The van der Waals surface area contributed by atoms with Gasteiger partial charge in [-0.1, -0.05) is 30.3 Å². The Kier molecular flexibility index (Phi) is 5.66. The number of methoxy groups -OCH3 is 1. The van der Waals surface area contributed by atoms with Crippen LogP contribution >= 0.6 is 0 Å². The smallest absolute Gasteiger partial charge is 0.270 e. The highest BCUT2D eigenvalue weighted by molar-refractivity contribution is 5.98. The maximum Gasteiger partial charge on any atom is 0.270 e. The summed E-state index contributed by atoms with van der Waals surface area (Å²) in [6.07, 6.45) is 0.677. The summed E-state index contributed by atoms with van der Waals surface area (Å²) in [7, 11) is 1.54. The second-order valence-corrected chi connectivity index (χ2v) is 6.12. The van der Waals surface area contributed by atoms with Crippen LogP contribution in [0.5, 0.6) is 5.88 Å². The van der Waals surface area contributed by atoms with Crippen molar-refractivity contribution in [1.29, 1.82) is 0 Å². The number of nitrogens with zero attached hydrogens (tertiary/aromatic N) is 1. The molecule has 3 rings (SSSR count). The number of pyridine rings is 1. The number of carbonyl (C=O) groups excluding carboxylic acids is 2. The van der Waals surface area contributed by atoms with E-state index in [1.807, 2.05) is 48.5 Å². The van der Waals surface area contributed by atoms with Crippen molar-refractivity contribution in [2.45, 2.75) is 13.3 Å². The number of nitrogens with one attached hydrogen (secondary N) is 2. The van der Waals surface area contributed by atoms with Gasteiger partial charge >= 0.3 is 0 Å². The van der Waals surface area contributed by atoms with Gasteiger partial charge in [-0.2, -0.15) is 0 Å². The Labute approximate surface area is 157 Å². The van der Waals surface area contributed by atoms with E-state index in [1.165, 1.54) is 6.92 Å². The van der Waals surface area contributed by atoms with Gasteiger partial charge < -0.3 is 15.4 Å². The average Bonchev–Trinajstić information content (AvgIpc) is 2.68. The van der Waals surface area contributed by atoms with E-state index < -0.39 is 0 Å². The third-order valence-corrected chi connectivity index (χ3v) is 4.10. The van der Waals surface area contributed by atoms with E-state index in [0.717, 1.165) is 22.0 Å². The molecule has 138 valence electrons. The minimum Gasteiger partial charge on any atom is -0.481 e.